The fraction of sp³-hybridized carbons (Fsp3) is 0.500. The quantitative estimate of drug-likeness (QED) is 0.862. The molecule has 1 heterocycles. The molecule has 0 aromatic heterocycles. The summed E-state index contributed by atoms with van der Waals surface area (Å²) in [5.41, 5.74) is 0.489. The summed E-state index contributed by atoms with van der Waals surface area (Å²) < 4.78 is 53.8. The lowest BCUT2D eigenvalue weighted by Gasteiger charge is -2.28. The number of fused-ring (bicyclic) bond motifs is 1. The Bertz CT molecular complexity index is 595. The number of methoxy groups -OCH3 is 1. The summed E-state index contributed by atoms with van der Waals surface area (Å²) in [6.45, 7) is 5.73. The van der Waals surface area contributed by atoms with Crippen LogP contribution in [0.5, 0.6) is 11.5 Å². The molecular weight excluding hydrogens is 303 g/mol. The predicted octanol–water partition coefficient (Wildman–Crippen LogP) is 3.33. The highest BCUT2D eigenvalue weighted by atomic mass is 19.4. The Kier molecular flexibility index (Phi) is 3.67. The van der Waals surface area contributed by atoms with Crippen LogP contribution in [0.3, 0.4) is 0 Å². The minimum atomic E-state index is -5.00. The first-order valence-corrected chi connectivity index (χ1v) is 6.44. The second kappa shape index (κ2) is 4.96. The van der Waals surface area contributed by atoms with Crippen molar-refractivity contribution in [2.75, 3.05) is 7.11 Å². The van der Waals surface area contributed by atoms with Gasteiger partial charge in [0.2, 0.25) is 0 Å². The molecule has 1 aromatic rings. The summed E-state index contributed by atoms with van der Waals surface area (Å²) in [5.74, 6) is -3.50. The van der Waals surface area contributed by atoms with Gasteiger partial charge in [0.15, 0.2) is 11.5 Å². The molecule has 1 amide bonds. The van der Waals surface area contributed by atoms with Crippen LogP contribution in [0.15, 0.2) is 18.2 Å². The number of halogens is 3. The molecule has 0 spiro atoms. The van der Waals surface area contributed by atoms with Gasteiger partial charge in [0.25, 0.3) is 0 Å². The van der Waals surface area contributed by atoms with Crippen LogP contribution in [0.1, 0.15) is 26.3 Å². The normalized spacial score (nSPS) is 20.7. The van der Waals surface area contributed by atoms with Gasteiger partial charge in [0.1, 0.15) is 0 Å². The number of benzene rings is 1. The van der Waals surface area contributed by atoms with Gasteiger partial charge in [-0.15, -0.1) is 0 Å². The molecule has 0 aliphatic carbocycles. The van der Waals surface area contributed by atoms with E-state index in [1.54, 1.807) is 11.4 Å². The Morgan fingerprint density at radius 1 is 1.18 bits per heavy atom. The van der Waals surface area contributed by atoms with Crippen LogP contribution in [-0.4, -0.2) is 25.3 Å². The number of hydrogen-bond acceptors (Lipinski definition) is 4. The van der Waals surface area contributed by atoms with Crippen molar-refractivity contribution < 1.29 is 32.2 Å². The van der Waals surface area contributed by atoms with Gasteiger partial charge in [-0.3, -0.25) is 0 Å². The number of carbonyl (C=O) groups is 1. The van der Waals surface area contributed by atoms with Crippen molar-refractivity contribution in [2.24, 2.45) is 0 Å². The molecular formula is C14H16F3NO4. The van der Waals surface area contributed by atoms with E-state index in [1.807, 2.05) is 20.8 Å². The van der Waals surface area contributed by atoms with Crippen molar-refractivity contribution in [1.29, 1.82) is 0 Å². The first kappa shape index (κ1) is 16.3. The Labute approximate surface area is 125 Å². The highest BCUT2D eigenvalue weighted by molar-refractivity contribution is 5.68. The Morgan fingerprint density at radius 3 is 2.27 bits per heavy atom. The summed E-state index contributed by atoms with van der Waals surface area (Å²) in [5, 5.41) is 1.56. The first-order chi connectivity index (χ1) is 9.98. The van der Waals surface area contributed by atoms with Gasteiger partial charge >= 0.3 is 18.2 Å². The largest absolute Gasteiger partial charge is 0.492 e. The van der Waals surface area contributed by atoms with Gasteiger partial charge in [-0.2, -0.15) is 13.2 Å². The molecule has 0 saturated carbocycles. The van der Waals surface area contributed by atoms with Crippen molar-refractivity contribution in [2.45, 2.75) is 38.3 Å². The zero-order valence-electron chi connectivity index (χ0n) is 12.5. The Hall–Kier alpha value is -2.12. The molecule has 1 aliphatic heterocycles. The summed E-state index contributed by atoms with van der Waals surface area (Å²) in [6, 6.07) is 4.48. The lowest BCUT2D eigenvalue weighted by atomic mass is 9.87. The fourth-order valence-electron chi connectivity index (χ4n) is 1.89. The summed E-state index contributed by atoms with van der Waals surface area (Å²) in [4.78, 5) is 11.2. The summed E-state index contributed by atoms with van der Waals surface area (Å²) in [7, 11) is 0.944. The second-order valence-electron chi connectivity index (χ2n) is 5.85. The van der Waals surface area contributed by atoms with Gasteiger partial charge in [0, 0.05) is 0 Å². The Morgan fingerprint density at radius 2 is 1.77 bits per heavy atom. The van der Waals surface area contributed by atoms with Gasteiger partial charge in [-0.1, -0.05) is 26.8 Å². The molecule has 0 unspecified atom stereocenters. The third-order valence-corrected chi connectivity index (χ3v) is 3.14. The van der Waals surface area contributed by atoms with E-state index in [2.05, 4.69) is 4.74 Å². The molecule has 0 fully saturated rings. The molecule has 5 nitrogen and oxygen atoms in total. The standard InChI is InChI=1S/C14H16F3NO4/c1-12(2,3)8-5-6-9-10(7-8)22-14(21-9,13(15,16)17)18-11(19)20-4/h5-7H,1-4H3,(H,18,19)/t14-/m0/s1. The number of ether oxygens (including phenoxy) is 3. The molecule has 0 radical (unpaired) electrons. The number of amides is 1. The fourth-order valence-corrected chi connectivity index (χ4v) is 1.89. The SMILES string of the molecule is COC(=O)N[C@@]1(C(F)(F)F)Oc2ccc(C(C)(C)C)cc2O1. The second-order valence-corrected chi connectivity index (χ2v) is 5.85. The highest BCUT2D eigenvalue weighted by Crippen LogP contribution is 2.46. The van der Waals surface area contributed by atoms with E-state index in [9.17, 15) is 18.0 Å². The summed E-state index contributed by atoms with van der Waals surface area (Å²) in [6.07, 6.45) is -6.32. The van der Waals surface area contributed by atoms with E-state index < -0.39 is 18.2 Å². The minimum absolute atomic E-state index is 0.0962. The lowest BCUT2D eigenvalue weighted by molar-refractivity contribution is -0.318. The molecule has 1 aromatic carbocycles. The van der Waals surface area contributed by atoms with Crippen LogP contribution >= 0.6 is 0 Å². The van der Waals surface area contributed by atoms with E-state index in [-0.39, 0.29) is 16.9 Å². The highest BCUT2D eigenvalue weighted by Gasteiger charge is 2.66. The monoisotopic (exact) mass is 319 g/mol. The van der Waals surface area contributed by atoms with Crippen molar-refractivity contribution in [1.82, 2.24) is 5.32 Å². The maximum atomic E-state index is 13.3. The van der Waals surface area contributed by atoms with Gasteiger partial charge in [0.05, 0.1) is 7.11 Å². The van der Waals surface area contributed by atoms with Crippen LogP contribution in [0.4, 0.5) is 18.0 Å². The molecule has 22 heavy (non-hydrogen) atoms. The van der Waals surface area contributed by atoms with Gasteiger partial charge < -0.3 is 14.2 Å². The van der Waals surface area contributed by atoms with Crippen LogP contribution in [-0.2, 0) is 10.2 Å². The number of carbonyl (C=O) groups excluding carboxylic acids is 1. The maximum absolute atomic E-state index is 13.3. The molecule has 1 atom stereocenters. The van der Waals surface area contributed by atoms with Gasteiger partial charge in [-0.05, 0) is 23.1 Å². The van der Waals surface area contributed by atoms with Crippen LogP contribution < -0.4 is 14.8 Å². The van der Waals surface area contributed by atoms with Crippen molar-refractivity contribution in [3.63, 3.8) is 0 Å². The van der Waals surface area contributed by atoms with Crippen LogP contribution in [0.25, 0.3) is 0 Å². The molecule has 0 saturated heterocycles. The van der Waals surface area contributed by atoms with E-state index in [1.165, 1.54) is 12.1 Å². The predicted molar refractivity (Wildman–Crippen MR) is 70.7 cm³/mol. The number of hydrogen-bond donors (Lipinski definition) is 1. The molecule has 8 heteroatoms. The van der Waals surface area contributed by atoms with Gasteiger partial charge in [-0.25, -0.2) is 10.1 Å². The zero-order chi connectivity index (χ0) is 16.8. The number of nitrogens with one attached hydrogen (secondary N) is 1. The molecule has 122 valence electrons. The molecule has 1 N–H and O–H groups in total. The number of alkyl halides is 3. The third kappa shape index (κ3) is 2.77. The lowest BCUT2D eigenvalue weighted by Crippen LogP contribution is -2.64. The van der Waals surface area contributed by atoms with Crippen molar-refractivity contribution in [3.8, 4) is 11.5 Å². The van der Waals surface area contributed by atoms with Crippen LogP contribution in [0, 0.1) is 0 Å². The first-order valence-electron chi connectivity index (χ1n) is 6.44. The average molecular weight is 319 g/mol. The molecule has 2 rings (SSSR count). The minimum Gasteiger partial charge on any atom is -0.453 e. The average Bonchev–Trinajstić information content (AvgIpc) is 2.75. The summed E-state index contributed by atoms with van der Waals surface area (Å²) >= 11 is 0. The number of rotatable bonds is 1. The van der Waals surface area contributed by atoms with Crippen LogP contribution in [0.2, 0.25) is 0 Å². The molecule has 0 bridgehead atoms. The topological polar surface area (TPSA) is 56.8 Å². The van der Waals surface area contributed by atoms with Crippen molar-refractivity contribution >= 4 is 6.09 Å². The van der Waals surface area contributed by atoms with Crippen molar-refractivity contribution in [3.05, 3.63) is 23.8 Å². The van der Waals surface area contributed by atoms with E-state index in [4.69, 9.17) is 9.47 Å². The van der Waals surface area contributed by atoms with E-state index in [0.717, 1.165) is 12.7 Å². The number of alkyl carbamates (subject to hydrolysis) is 1. The van der Waals surface area contributed by atoms with E-state index in [0.29, 0.717) is 0 Å². The Balaban J connectivity index is 2.40. The maximum Gasteiger partial charge on any atom is 0.492 e. The zero-order valence-corrected chi connectivity index (χ0v) is 12.5. The third-order valence-electron chi connectivity index (χ3n) is 3.14. The molecule has 1 aliphatic rings. The smallest absolute Gasteiger partial charge is 0.453 e. The van der Waals surface area contributed by atoms with E-state index >= 15 is 0 Å².